The van der Waals surface area contributed by atoms with Crippen molar-refractivity contribution in [1.29, 1.82) is 0 Å². The second kappa shape index (κ2) is 5.08. The van der Waals surface area contributed by atoms with E-state index >= 15 is 0 Å². The van der Waals surface area contributed by atoms with Gasteiger partial charge < -0.3 is 14.6 Å². The summed E-state index contributed by atoms with van der Waals surface area (Å²) in [6.45, 7) is 2.16. The van der Waals surface area contributed by atoms with Crippen LogP contribution in [0.4, 0.5) is 0 Å². The number of hydrogen-bond donors (Lipinski definition) is 1. The van der Waals surface area contributed by atoms with Gasteiger partial charge in [-0.05, 0) is 19.1 Å². The maximum absolute atomic E-state index is 12.2. The minimum atomic E-state index is -3.68. The highest BCUT2D eigenvalue weighted by Gasteiger charge is 2.27. The third-order valence-electron chi connectivity index (χ3n) is 2.83. The Morgan fingerprint density at radius 1 is 1.32 bits per heavy atom. The van der Waals surface area contributed by atoms with Gasteiger partial charge in [-0.3, -0.25) is 4.79 Å². The normalized spacial score (nSPS) is 15.8. The molecule has 0 saturated heterocycles. The first-order chi connectivity index (χ1) is 8.91. The van der Waals surface area contributed by atoms with Crippen LogP contribution in [0.3, 0.4) is 0 Å². The Morgan fingerprint density at radius 2 is 1.95 bits per heavy atom. The van der Waals surface area contributed by atoms with Gasteiger partial charge in [0.1, 0.15) is 13.2 Å². The average molecular weight is 286 g/mol. The minimum absolute atomic E-state index is 0.0468. The molecule has 104 valence electrons. The number of benzene rings is 1. The van der Waals surface area contributed by atoms with Gasteiger partial charge in [-0.25, -0.2) is 8.42 Å². The molecule has 0 spiro atoms. The van der Waals surface area contributed by atoms with Gasteiger partial charge in [0.25, 0.3) is 0 Å². The fourth-order valence-corrected chi connectivity index (χ4v) is 3.14. The molecule has 1 aromatic carbocycles. The van der Waals surface area contributed by atoms with Crippen molar-refractivity contribution in [3.8, 4) is 11.5 Å². The summed E-state index contributed by atoms with van der Waals surface area (Å²) in [4.78, 5) is 10.7. The first-order valence-electron chi connectivity index (χ1n) is 5.76. The van der Waals surface area contributed by atoms with Crippen molar-refractivity contribution in [1.82, 2.24) is 0 Å². The summed E-state index contributed by atoms with van der Waals surface area (Å²) in [6.07, 6.45) is -0.434. The molecule has 1 aromatic rings. The molecule has 1 atom stereocenters. The van der Waals surface area contributed by atoms with Crippen LogP contribution in [0.5, 0.6) is 11.5 Å². The van der Waals surface area contributed by atoms with Crippen LogP contribution in [-0.4, -0.2) is 38.0 Å². The molecule has 6 nitrogen and oxygen atoms in total. The van der Waals surface area contributed by atoms with Crippen LogP contribution < -0.4 is 9.47 Å². The van der Waals surface area contributed by atoms with Crippen LogP contribution in [0, 0.1) is 0 Å². The molecule has 0 aliphatic carbocycles. The van der Waals surface area contributed by atoms with Crippen molar-refractivity contribution in [2.75, 3.05) is 13.2 Å². The Bertz CT molecular complexity index is 592. The molecule has 1 N–H and O–H groups in total. The molecule has 0 fully saturated rings. The van der Waals surface area contributed by atoms with Crippen LogP contribution in [-0.2, 0) is 14.6 Å². The number of carbonyl (C=O) groups is 1. The fraction of sp³-hybridized carbons (Fsp3) is 0.417. The van der Waals surface area contributed by atoms with Crippen LogP contribution in [0.1, 0.15) is 13.3 Å². The smallest absolute Gasteiger partial charge is 0.304 e. The Balaban J connectivity index is 2.33. The maximum Gasteiger partial charge on any atom is 0.304 e. The van der Waals surface area contributed by atoms with E-state index in [1.807, 2.05) is 0 Å². The third-order valence-corrected chi connectivity index (χ3v) is 4.97. The fourth-order valence-electron chi connectivity index (χ4n) is 1.79. The highest BCUT2D eigenvalue weighted by Crippen LogP contribution is 2.33. The van der Waals surface area contributed by atoms with E-state index in [9.17, 15) is 13.2 Å². The van der Waals surface area contributed by atoms with E-state index in [4.69, 9.17) is 14.6 Å². The lowest BCUT2D eigenvalue weighted by Gasteiger charge is -2.19. The van der Waals surface area contributed by atoms with Gasteiger partial charge in [0.2, 0.25) is 0 Å². The first kappa shape index (κ1) is 13.7. The zero-order valence-corrected chi connectivity index (χ0v) is 11.1. The number of ether oxygens (including phenoxy) is 2. The molecule has 1 heterocycles. The van der Waals surface area contributed by atoms with Gasteiger partial charge in [-0.2, -0.15) is 0 Å². The summed E-state index contributed by atoms with van der Waals surface area (Å²) in [7, 11) is -3.68. The standard InChI is InChI=1S/C12H14O6S/c1-8(6-12(13)14)19(15,16)9-2-3-10-11(7-9)18-5-4-17-10/h2-3,7-8H,4-6H2,1H3,(H,13,14). The Morgan fingerprint density at radius 3 is 2.58 bits per heavy atom. The molecular weight excluding hydrogens is 272 g/mol. The zero-order valence-electron chi connectivity index (χ0n) is 10.3. The molecule has 0 saturated carbocycles. The van der Waals surface area contributed by atoms with E-state index in [1.54, 1.807) is 0 Å². The second-order valence-electron chi connectivity index (χ2n) is 4.26. The van der Waals surface area contributed by atoms with E-state index < -0.39 is 27.5 Å². The Labute approximate surface area is 110 Å². The number of carboxylic acids is 1. The van der Waals surface area contributed by atoms with Crippen LogP contribution >= 0.6 is 0 Å². The molecule has 7 heteroatoms. The Hall–Kier alpha value is -1.76. The largest absolute Gasteiger partial charge is 0.486 e. The Kier molecular flexibility index (Phi) is 3.66. The summed E-state index contributed by atoms with van der Waals surface area (Å²) in [6, 6.07) is 4.30. The van der Waals surface area contributed by atoms with Gasteiger partial charge in [-0.1, -0.05) is 0 Å². The van der Waals surface area contributed by atoms with E-state index in [-0.39, 0.29) is 4.90 Å². The van der Waals surface area contributed by atoms with Crippen LogP contribution in [0.2, 0.25) is 0 Å². The molecular formula is C12H14O6S. The second-order valence-corrected chi connectivity index (χ2v) is 6.63. The molecule has 2 rings (SSSR count). The third kappa shape index (κ3) is 2.81. The predicted molar refractivity (Wildman–Crippen MR) is 66.3 cm³/mol. The number of sulfone groups is 1. The zero-order chi connectivity index (χ0) is 14.0. The molecule has 1 aliphatic heterocycles. The van der Waals surface area contributed by atoms with Crippen molar-refractivity contribution in [2.24, 2.45) is 0 Å². The number of fused-ring (bicyclic) bond motifs is 1. The summed E-state index contributed by atoms with van der Waals surface area (Å²) in [5.74, 6) is -0.278. The lowest BCUT2D eigenvalue weighted by molar-refractivity contribution is -0.136. The maximum atomic E-state index is 12.2. The van der Waals surface area contributed by atoms with Crippen molar-refractivity contribution < 1.29 is 27.8 Å². The number of aliphatic carboxylic acids is 1. The van der Waals surface area contributed by atoms with Gasteiger partial charge in [0, 0.05) is 6.07 Å². The SMILES string of the molecule is CC(CC(=O)O)S(=O)(=O)c1ccc2c(c1)OCCO2. The van der Waals surface area contributed by atoms with E-state index in [2.05, 4.69) is 0 Å². The topological polar surface area (TPSA) is 89.9 Å². The number of rotatable bonds is 4. The number of carboxylic acid groups (broad SMARTS) is 1. The van der Waals surface area contributed by atoms with Crippen molar-refractivity contribution >= 4 is 15.8 Å². The summed E-state index contributed by atoms with van der Waals surface area (Å²) < 4.78 is 35.0. The highest BCUT2D eigenvalue weighted by atomic mass is 32.2. The van der Waals surface area contributed by atoms with Crippen molar-refractivity contribution in [2.45, 2.75) is 23.5 Å². The van der Waals surface area contributed by atoms with Crippen LogP contribution in [0.15, 0.2) is 23.1 Å². The van der Waals surface area contributed by atoms with E-state index in [0.717, 1.165) is 0 Å². The van der Waals surface area contributed by atoms with Crippen LogP contribution in [0.25, 0.3) is 0 Å². The molecule has 0 bridgehead atoms. The van der Waals surface area contributed by atoms with Crippen molar-refractivity contribution in [3.05, 3.63) is 18.2 Å². The van der Waals surface area contributed by atoms with Crippen molar-refractivity contribution in [3.63, 3.8) is 0 Å². The summed E-state index contributed by atoms with van der Waals surface area (Å²) in [5.41, 5.74) is 0. The van der Waals surface area contributed by atoms with Gasteiger partial charge in [0.05, 0.1) is 16.6 Å². The monoisotopic (exact) mass is 286 g/mol. The summed E-state index contributed by atoms with van der Waals surface area (Å²) in [5, 5.41) is 7.68. The number of hydrogen-bond acceptors (Lipinski definition) is 5. The minimum Gasteiger partial charge on any atom is -0.486 e. The van der Waals surface area contributed by atoms with Gasteiger partial charge >= 0.3 is 5.97 Å². The van der Waals surface area contributed by atoms with Gasteiger partial charge in [-0.15, -0.1) is 0 Å². The molecule has 0 radical (unpaired) electrons. The van der Waals surface area contributed by atoms with Gasteiger partial charge in [0.15, 0.2) is 21.3 Å². The summed E-state index contributed by atoms with van der Waals surface area (Å²) >= 11 is 0. The lowest BCUT2D eigenvalue weighted by Crippen LogP contribution is -2.22. The van der Waals surface area contributed by atoms with E-state index in [0.29, 0.717) is 24.7 Å². The molecule has 0 aromatic heterocycles. The molecule has 0 amide bonds. The molecule has 1 unspecified atom stereocenters. The quantitative estimate of drug-likeness (QED) is 0.891. The molecule has 1 aliphatic rings. The average Bonchev–Trinajstić information content (AvgIpc) is 2.37. The van der Waals surface area contributed by atoms with E-state index in [1.165, 1.54) is 25.1 Å². The molecule has 19 heavy (non-hydrogen) atoms. The lowest BCUT2D eigenvalue weighted by atomic mass is 10.3. The highest BCUT2D eigenvalue weighted by molar-refractivity contribution is 7.92. The first-order valence-corrected chi connectivity index (χ1v) is 7.31. The predicted octanol–water partition coefficient (Wildman–Crippen LogP) is 1.09.